The molecule has 0 spiro atoms. The zero-order valence-corrected chi connectivity index (χ0v) is 21.0. The van der Waals surface area contributed by atoms with Gasteiger partial charge in [-0.2, -0.15) is 11.8 Å². The van der Waals surface area contributed by atoms with E-state index in [-0.39, 0.29) is 11.8 Å². The molecule has 2 fully saturated rings. The molecule has 6 nitrogen and oxygen atoms in total. The molecule has 1 aliphatic carbocycles. The highest BCUT2D eigenvalue weighted by Gasteiger charge is 2.34. The van der Waals surface area contributed by atoms with Crippen LogP contribution in [0.15, 0.2) is 30.5 Å². The summed E-state index contributed by atoms with van der Waals surface area (Å²) in [5, 5.41) is 22.6. The quantitative estimate of drug-likeness (QED) is 0.425. The standard InChI is InChI=1S/C27H38N2O4S/c1-33-20-8-9-25-23(17-20)22(11-13-28-25)26(30)10-7-19-12-15-29(18-24(19)27(31)32)14-4-16-34-21-5-2-3-6-21/h8-9,11,13,17,19,21,24,26,30H,2-7,10,12,14-16,18H2,1H3,(H,31,32)/t19-,24+,26?/m1/s1. The number of ether oxygens (including phenoxy) is 1. The number of carbonyl (C=O) groups is 1. The van der Waals surface area contributed by atoms with Crippen molar-refractivity contribution in [2.45, 2.75) is 62.7 Å². The van der Waals surface area contributed by atoms with Gasteiger partial charge >= 0.3 is 5.97 Å². The van der Waals surface area contributed by atoms with E-state index in [1.807, 2.05) is 24.3 Å². The molecule has 2 heterocycles. The number of likely N-dealkylation sites (tertiary alicyclic amines) is 1. The summed E-state index contributed by atoms with van der Waals surface area (Å²) in [6.45, 7) is 2.57. The van der Waals surface area contributed by atoms with Crippen LogP contribution in [0.25, 0.3) is 10.9 Å². The molecule has 7 heteroatoms. The van der Waals surface area contributed by atoms with Gasteiger partial charge in [0.15, 0.2) is 0 Å². The van der Waals surface area contributed by atoms with Crippen molar-refractivity contribution in [3.05, 3.63) is 36.0 Å². The normalized spacial score (nSPS) is 22.8. The third-order valence-corrected chi connectivity index (χ3v) is 9.05. The van der Waals surface area contributed by atoms with Crippen LogP contribution in [0.2, 0.25) is 0 Å². The first-order valence-electron chi connectivity index (χ1n) is 12.7. The van der Waals surface area contributed by atoms with E-state index >= 15 is 0 Å². The maximum Gasteiger partial charge on any atom is 0.308 e. The second kappa shape index (κ2) is 12.2. The number of aliphatic hydroxyl groups is 1. The first-order chi connectivity index (χ1) is 16.5. The van der Waals surface area contributed by atoms with E-state index in [4.69, 9.17) is 4.74 Å². The first kappa shape index (κ1) is 25.3. The van der Waals surface area contributed by atoms with Gasteiger partial charge in [0.25, 0.3) is 0 Å². The Balaban J connectivity index is 1.29. The number of rotatable bonds is 11. The topological polar surface area (TPSA) is 82.9 Å². The molecule has 2 N–H and O–H groups in total. The van der Waals surface area contributed by atoms with Crippen molar-refractivity contribution in [1.29, 1.82) is 0 Å². The zero-order valence-electron chi connectivity index (χ0n) is 20.2. The molecule has 1 unspecified atom stereocenters. The summed E-state index contributed by atoms with van der Waals surface area (Å²) in [7, 11) is 1.63. The van der Waals surface area contributed by atoms with E-state index < -0.39 is 12.1 Å². The third-order valence-electron chi connectivity index (χ3n) is 7.58. The van der Waals surface area contributed by atoms with Crippen molar-refractivity contribution in [2.24, 2.45) is 11.8 Å². The Morgan fingerprint density at radius 3 is 2.85 bits per heavy atom. The molecule has 4 rings (SSSR count). The minimum absolute atomic E-state index is 0.0962. The molecule has 3 atom stereocenters. The van der Waals surface area contributed by atoms with Crippen LogP contribution >= 0.6 is 11.8 Å². The highest BCUT2D eigenvalue weighted by atomic mass is 32.2. The van der Waals surface area contributed by atoms with E-state index in [1.54, 1.807) is 13.3 Å². The number of thioether (sulfide) groups is 1. The van der Waals surface area contributed by atoms with Crippen LogP contribution in [0.3, 0.4) is 0 Å². The van der Waals surface area contributed by atoms with Crippen molar-refractivity contribution in [2.75, 3.05) is 32.5 Å². The minimum atomic E-state index is -0.705. The fourth-order valence-corrected chi connectivity index (χ4v) is 6.88. The largest absolute Gasteiger partial charge is 0.497 e. The number of aliphatic hydroxyl groups excluding tert-OH is 1. The number of piperidine rings is 1. The first-order valence-corrected chi connectivity index (χ1v) is 13.8. The van der Waals surface area contributed by atoms with Crippen molar-refractivity contribution < 1.29 is 19.7 Å². The summed E-state index contributed by atoms with van der Waals surface area (Å²) in [5.74, 6) is 0.938. The van der Waals surface area contributed by atoms with Crippen LogP contribution < -0.4 is 4.74 Å². The molecular formula is C27H38N2O4S. The summed E-state index contributed by atoms with van der Waals surface area (Å²) in [5.41, 5.74) is 1.65. The van der Waals surface area contributed by atoms with Gasteiger partial charge in [-0.15, -0.1) is 0 Å². The van der Waals surface area contributed by atoms with Crippen LogP contribution in [0.5, 0.6) is 5.75 Å². The van der Waals surface area contributed by atoms with Crippen molar-refractivity contribution >= 4 is 28.6 Å². The second-order valence-electron chi connectivity index (χ2n) is 9.80. The van der Waals surface area contributed by atoms with Gasteiger partial charge in [0.05, 0.1) is 24.6 Å². The molecule has 0 amide bonds. The van der Waals surface area contributed by atoms with Gasteiger partial charge in [0.2, 0.25) is 0 Å². The Morgan fingerprint density at radius 1 is 1.26 bits per heavy atom. The number of hydrogen-bond donors (Lipinski definition) is 2. The fraction of sp³-hybridized carbons (Fsp3) is 0.630. The predicted molar refractivity (Wildman–Crippen MR) is 137 cm³/mol. The van der Waals surface area contributed by atoms with E-state index in [9.17, 15) is 15.0 Å². The van der Waals surface area contributed by atoms with Gasteiger partial charge in [-0.3, -0.25) is 9.78 Å². The van der Waals surface area contributed by atoms with Crippen molar-refractivity contribution in [3.63, 3.8) is 0 Å². The van der Waals surface area contributed by atoms with Gasteiger partial charge < -0.3 is 19.8 Å². The van der Waals surface area contributed by atoms with Gasteiger partial charge in [-0.05, 0) is 93.1 Å². The van der Waals surface area contributed by atoms with E-state index in [0.29, 0.717) is 19.4 Å². The number of benzene rings is 1. The lowest BCUT2D eigenvalue weighted by molar-refractivity contribution is -0.146. The van der Waals surface area contributed by atoms with Crippen LogP contribution in [0.4, 0.5) is 0 Å². The number of carboxylic acid groups (broad SMARTS) is 1. The molecule has 0 radical (unpaired) electrons. The Kier molecular flexibility index (Phi) is 9.09. The molecule has 1 aromatic heterocycles. The highest BCUT2D eigenvalue weighted by Crippen LogP contribution is 2.34. The summed E-state index contributed by atoms with van der Waals surface area (Å²) in [6.07, 6.45) is 9.82. The molecule has 2 aromatic rings. The predicted octanol–water partition coefficient (Wildman–Crippen LogP) is 5.15. The number of aliphatic carboxylic acids is 1. The Hall–Kier alpha value is -1.83. The highest BCUT2D eigenvalue weighted by molar-refractivity contribution is 7.99. The molecular weight excluding hydrogens is 448 g/mol. The maximum atomic E-state index is 12.1. The number of hydrogen-bond acceptors (Lipinski definition) is 6. The average molecular weight is 487 g/mol. The minimum Gasteiger partial charge on any atom is -0.497 e. The summed E-state index contributed by atoms with van der Waals surface area (Å²) in [4.78, 5) is 18.8. The number of methoxy groups -OCH3 is 1. The lowest BCUT2D eigenvalue weighted by Crippen LogP contribution is -2.44. The van der Waals surface area contributed by atoms with Crippen LogP contribution in [-0.2, 0) is 4.79 Å². The third kappa shape index (κ3) is 6.43. The molecule has 1 aromatic carbocycles. The lowest BCUT2D eigenvalue weighted by atomic mass is 9.81. The average Bonchev–Trinajstić information content (AvgIpc) is 3.38. The second-order valence-corrected chi connectivity index (χ2v) is 11.2. The van der Waals surface area contributed by atoms with Gasteiger partial charge in [-0.25, -0.2) is 0 Å². The SMILES string of the molecule is COc1ccc2nccc(C(O)CC[C@@H]3CCN(CCCSC4CCCC4)C[C@@H]3C(=O)O)c2c1. The maximum absolute atomic E-state index is 12.1. The van der Waals surface area contributed by atoms with E-state index in [1.165, 1.54) is 31.4 Å². The summed E-state index contributed by atoms with van der Waals surface area (Å²) < 4.78 is 5.34. The van der Waals surface area contributed by atoms with Crippen molar-refractivity contribution in [3.8, 4) is 5.75 Å². The Bertz CT molecular complexity index is 949. The molecule has 2 aliphatic rings. The van der Waals surface area contributed by atoms with E-state index in [2.05, 4.69) is 21.6 Å². The summed E-state index contributed by atoms with van der Waals surface area (Å²) in [6, 6.07) is 7.52. The lowest BCUT2D eigenvalue weighted by Gasteiger charge is -2.37. The van der Waals surface area contributed by atoms with Crippen LogP contribution in [0.1, 0.15) is 63.0 Å². The number of carboxylic acids is 1. The van der Waals surface area contributed by atoms with Crippen LogP contribution in [-0.4, -0.2) is 63.8 Å². The summed E-state index contributed by atoms with van der Waals surface area (Å²) >= 11 is 2.11. The number of nitrogens with zero attached hydrogens (tertiary/aromatic N) is 2. The Morgan fingerprint density at radius 2 is 2.09 bits per heavy atom. The molecule has 186 valence electrons. The van der Waals surface area contributed by atoms with Crippen molar-refractivity contribution in [1.82, 2.24) is 9.88 Å². The zero-order chi connectivity index (χ0) is 23.9. The monoisotopic (exact) mass is 486 g/mol. The molecule has 1 aliphatic heterocycles. The van der Waals surface area contributed by atoms with Gasteiger partial charge in [0, 0.05) is 23.4 Å². The molecule has 1 saturated carbocycles. The number of aromatic nitrogens is 1. The number of pyridine rings is 1. The number of fused-ring (bicyclic) bond motifs is 1. The molecule has 34 heavy (non-hydrogen) atoms. The van der Waals surface area contributed by atoms with Gasteiger partial charge in [0.1, 0.15) is 5.75 Å². The van der Waals surface area contributed by atoms with E-state index in [0.717, 1.165) is 53.4 Å². The van der Waals surface area contributed by atoms with Crippen LogP contribution in [0, 0.1) is 11.8 Å². The fourth-order valence-electron chi connectivity index (χ4n) is 5.58. The molecule has 1 saturated heterocycles. The smallest absolute Gasteiger partial charge is 0.308 e. The van der Waals surface area contributed by atoms with Gasteiger partial charge in [-0.1, -0.05) is 12.8 Å². The molecule has 0 bridgehead atoms. The Labute approximate surface area is 207 Å².